The first-order chi connectivity index (χ1) is 9.17. The quantitative estimate of drug-likeness (QED) is 0.864. The molecule has 0 bridgehead atoms. The molecule has 4 nitrogen and oxygen atoms in total. The smallest absolute Gasteiger partial charge is 0.224 e. The molecule has 0 aromatic heterocycles. The van der Waals surface area contributed by atoms with Gasteiger partial charge in [-0.3, -0.25) is 4.79 Å². The highest BCUT2D eigenvalue weighted by molar-refractivity contribution is 5.78. The van der Waals surface area contributed by atoms with Crippen molar-refractivity contribution in [2.75, 3.05) is 13.7 Å². The summed E-state index contributed by atoms with van der Waals surface area (Å²) >= 11 is 0. The van der Waals surface area contributed by atoms with Crippen molar-refractivity contribution < 1.29 is 9.53 Å². The first-order valence-corrected chi connectivity index (χ1v) is 6.83. The van der Waals surface area contributed by atoms with E-state index in [9.17, 15) is 4.79 Å². The van der Waals surface area contributed by atoms with Crippen molar-refractivity contribution in [1.82, 2.24) is 10.6 Å². The highest BCUT2D eigenvalue weighted by Crippen LogP contribution is 2.12. The molecule has 4 heteroatoms. The fourth-order valence-corrected chi connectivity index (χ4v) is 2.47. The molecule has 0 aliphatic carbocycles. The molecule has 2 unspecified atom stereocenters. The van der Waals surface area contributed by atoms with Gasteiger partial charge in [0.25, 0.3) is 0 Å². The van der Waals surface area contributed by atoms with Gasteiger partial charge in [0.15, 0.2) is 0 Å². The summed E-state index contributed by atoms with van der Waals surface area (Å²) in [6.45, 7) is 3.14. The number of carbonyl (C=O) groups is 1. The number of hydrogen-bond acceptors (Lipinski definition) is 3. The molecule has 1 fully saturated rings. The van der Waals surface area contributed by atoms with Gasteiger partial charge in [0.1, 0.15) is 5.75 Å². The first-order valence-electron chi connectivity index (χ1n) is 6.83. The van der Waals surface area contributed by atoms with Crippen LogP contribution in [0.25, 0.3) is 0 Å². The molecule has 1 saturated heterocycles. The molecule has 2 N–H and O–H groups in total. The van der Waals surface area contributed by atoms with Gasteiger partial charge in [-0.25, -0.2) is 0 Å². The van der Waals surface area contributed by atoms with Crippen molar-refractivity contribution in [3.63, 3.8) is 0 Å². The fourth-order valence-electron chi connectivity index (χ4n) is 2.47. The average Bonchev–Trinajstić information content (AvgIpc) is 2.39. The lowest BCUT2D eigenvalue weighted by Crippen LogP contribution is -2.46. The molecule has 1 aromatic rings. The Hall–Kier alpha value is -1.55. The average molecular weight is 262 g/mol. The van der Waals surface area contributed by atoms with E-state index >= 15 is 0 Å². The van der Waals surface area contributed by atoms with Gasteiger partial charge in [-0.15, -0.1) is 0 Å². The van der Waals surface area contributed by atoms with Gasteiger partial charge < -0.3 is 15.4 Å². The Kier molecular flexibility index (Phi) is 4.80. The summed E-state index contributed by atoms with van der Waals surface area (Å²) in [5.74, 6) is 0.917. The SMILES string of the molecule is COc1ccc(CC(=O)NC2CCNC(C)C2)cc1. The van der Waals surface area contributed by atoms with Gasteiger partial charge in [-0.2, -0.15) is 0 Å². The molecule has 0 saturated carbocycles. The van der Waals surface area contributed by atoms with Crippen LogP contribution in [0.2, 0.25) is 0 Å². The number of carbonyl (C=O) groups excluding carboxylic acids is 1. The number of rotatable bonds is 4. The number of amides is 1. The van der Waals surface area contributed by atoms with E-state index in [2.05, 4.69) is 17.6 Å². The lowest BCUT2D eigenvalue weighted by Gasteiger charge is -2.28. The second kappa shape index (κ2) is 6.57. The van der Waals surface area contributed by atoms with E-state index in [0.29, 0.717) is 18.5 Å². The van der Waals surface area contributed by atoms with Crippen LogP contribution in [0, 0.1) is 0 Å². The van der Waals surface area contributed by atoms with Gasteiger partial charge in [-0.05, 0) is 44.0 Å². The molecule has 1 aliphatic rings. The van der Waals surface area contributed by atoms with Gasteiger partial charge in [-0.1, -0.05) is 12.1 Å². The maximum absolute atomic E-state index is 12.0. The molecule has 2 rings (SSSR count). The second-order valence-corrected chi connectivity index (χ2v) is 5.17. The predicted molar refractivity (Wildman–Crippen MR) is 75.3 cm³/mol. The van der Waals surface area contributed by atoms with E-state index in [0.717, 1.165) is 30.7 Å². The van der Waals surface area contributed by atoms with Crippen LogP contribution in [0.4, 0.5) is 0 Å². The first kappa shape index (κ1) is 13.9. The fraction of sp³-hybridized carbons (Fsp3) is 0.533. The Bertz CT molecular complexity index is 417. The van der Waals surface area contributed by atoms with E-state index in [1.165, 1.54) is 0 Å². The largest absolute Gasteiger partial charge is 0.497 e. The van der Waals surface area contributed by atoms with Gasteiger partial charge >= 0.3 is 0 Å². The van der Waals surface area contributed by atoms with Crippen LogP contribution in [0.3, 0.4) is 0 Å². The summed E-state index contributed by atoms with van der Waals surface area (Å²) in [5, 5.41) is 6.50. The second-order valence-electron chi connectivity index (χ2n) is 5.17. The number of nitrogens with one attached hydrogen (secondary N) is 2. The lowest BCUT2D eigenvalue weighted by atomic mass is 10.0. The molecule has 2 atom stereocenters. The topological polar surface area (TPSA) is 50.4 Å². The van der Waals surface area contributed by atoms with Crippen LogP contribution in [0.15, 0.2) is 24.3 Å². The van der Waals surface area contributed by atoms with Crippen LogP contribution in [0.1, 0.15) is 25.3 Å². The van der Waals surface area contributed by atoms with Crippen LogP contribution in [-0.2, 0) is 11.2 Å². The van der Waals surface area contributed by atoms with Crippen molar-refractivity contribution in [2.45, 2.75) is 38.3 Å². The van der Waals surface area contributed by atoms with E-state index < -0.39 is 0 Å². The van der Waals surface area contributed by atoms with Crippen LogP contribution in [-0.4, -0.2) is 31.6 Å². The third kappa shape index (κ3) is 4.24. The van der Waals surface area contributed by atoms with Crippen LogP contribution >= 0.6 is 0 Å². The molecule has 104 valence electrons. The molecule has 0 radical (unpaired) electrons. The van der Waals surface area contributed by atoms with Crippen molar-refractivity contribution in [2.24, 2.45) is 0 Å². The van der Waals surface area contributed by atoms with Gasteiger partial charge in [0.05, 0.1) is 13.5 Å². The molecule has 1 aromatic carbocycles. The highest BCUT2D eigenvalue weighted by Gasteiger charge is 2.19. The molecule has 1 amide bonds. The molecule has 1 aliphatic heterocycles. The maximum atomic E-state index is 12.0. The Balaban J connectivity index is 1.83. The minimum absolute atomic E-state index is 0.101. The number of hydrogen-bond donors (Lipinski definition) is 2. The minimum Gasteiger partial charge on any atom is -0.497 e. The summed E-state index contributed by atoms with van der Waals surface area (Å²) in [7, 11) is 1.64. The number of ether oxygens (including phenoxy) is 1. The zero-order chi connectivity index (χ0) is 13.7. The van der Waals surface area contributed by atoms with E-state index in [4.69, 9.17) is 4.74 Å². The molecular weight excluding hydrogens is 240 g/mol. The Morgan fingerprint density at radius 1 is 1.42 bits per heavy atom. The Morgan fingerprint density at radius 2 is 2.16 bits per heavy atom. The van der Waals surface area contributed by atoms with Crippen molar-refractivity contribution in [3.8, 4) is 5.75 Å². The molecule has 0 spiro atoms. The normalized spacial score (nSPS) is 22.8. The van der Waals surface area contributed by atoms with Crippen molar-refractivity contribution in [1.29, 1.82) is 0 Å². The molecule has 19 heavy (non-hydrogen) atoms. The monoisotopic (exact) mass is 262 g/mol. The lowest BCUT2D eigenvalue weighted by molar-refractivity contribution is -0.121. The Morgan fingerprint density at radius 3 is 2.79 bits per heavy atom. The third-order valence-corrected chi connectivity index (χ3v) is 3.51. The highest BCUT2D eigenvalue weighted by atomic mass is 16.5. The maximum Gasteiger partial charge on any atom is 0.224 e. The zero-order valence-corrected chi connectivity index (χ0v) is 11.6. The summed E-state index contributed by atoms with van der Waals surface area (Å²) in [6.07, 6.45) is 2.45. The van der Waals surface area contributed by atoms with Crippen LogP contribution in [0.5, 0.6) is 5.75 Å². The van der Waals surface area contributed by atoms with E-state index in [-0.39, 0.29) is 5.91 Å². The summed E-state index contributed by atoms with van der Waals surface area (Å²) in [6, 6.07) is 8.43. The summed E-state index contributed by atoms with van der Waals surface area (Å²) in [5.41, 5.74) is 1.01. The van der Waals surface area contributed by atoms with Crippen molar-refractivity contribution in [3.05, 3.63) is 29.8 Å². The van der Waals surface area contributed by atoms with E-state index in [1.807, 2.05) is 24.3 Å². The van der Waals surface area contributed by atoms with Crippen LogP contribution < -0.4 is 15.4 Å². The van der Waals surface area contributed by atoms with Gasteiger partial charge in [0.2, 0.25) is 5.91 Å². The van der Waals surface area contributed by atoms with Crippen molar-refractivity contribution >= 4 is 5.91 Å². The number of methoxy groups -OCH3 is 1. The summed E-state index contributed by atoms with van der Waals surface area (Å²) < 4.78 is 5.10. The summed E-state index contributed by atoms with van der Waals surface area (Å²) in [4.78, 5) is 12.0. The predicted octanol–water partition coefficient (Wildman–Crippen LogP) is 1.49. The Labute approximate surface area is 114 Å². The van der Waals surface area contributed by atoms with E-state index in [1.54, 1.807) is 7.11 Å². The standard InChI is InChI=1S/C15H22N2O2/c1-11-9-13(7-8-16-11)17-15(18)10-12-3-5-14(19-2)6-4-12/h3-6,11,13,16H,7-10H2,1-2H3,(H,17,18). The number of benzene rings is 1. The molecular formula is C15H22N2O2. The third-order valence-electron chi connectivity index (χ3n) is 3.51. The zero-order valence-electron chi connectivity index (χ0n) is 11.6. The minimum atomic E-state index is 0.101. The molecule has 1 heterocycles. The number of piperidine rings is 1. The van der Waals surface area contributed by atoms with Gasteiger partial charge in [0, 0.05) is 12.1 Å².